The van der Waals surface area contributed by atoms with Crippen LogP contribution in [0, 0.1) is 6.92 Å². The first-order chi connectivity index (χ1) is 12.9. The number of rotatable bonds is 5. The number of anilines is 1. The molecular formula is C22H18ClNO3. The van der Waals surface area contributed by atoms with E-state index in [9.17, 15) is 9.59 Å². The lowest BCUT2D eigenvalue weighted by Crippen LogP contribution is -2.07. The summed E-state index contributed by atoms with van der Waals surface area (Å²) in [5.74, 6) is 0.929. The third-order valence-electron chi connectivity index (χ3n) is 4.04. The molecule has 1 amide bonds. The molecule has 1 aromatic heterocycles. The lowest BCUT2D eigenvalue weighted by Gasteiger charge is -2.02. The fourth-order valence-electron chi connectivity index (χ4n) is 2.47. The molecule has 0 aliphatic carbocycles. The highest BCUT2D eigenvalue weighted by molar-refractivity contribution is 6.31. The van der Waals surface area contributed by atoms with Crippen molar-refractivity contribution in [1.29, 1.82) is 0 Å². The Hall–Kier alpha value is -3.11. The molecule has 0 unspecified atom stereocenters. The largest absolute Gasteiger partial charge is 0.457 e. The molecule has 2 aromatic carbocycles. The average Bonchev–Trinajstić information content (AvgIpc) is 3.12. The molecule has 1 heterocycles. The fraction of sp³-hybridized carbons (Fsp3) is 0.0909. The lowest BCUT2D eigenvalue weighted by molar-refractivity contribution is -0.111. The molecule has 0 saturated carbocycles. The van der Waals surface area contributed by atoms with Crippen molar-refractivity contribution in [3.8, 4) is 11.3 Å². The molecule has 3 aromatic rings. The third kappa shape index (κ3) is 4.74. The minimum Gasteiger partial charge on any atom is -0.457 e. The van der Waals surface area contributed by atoms with E-state index in [1.165, 1.54) is 13.0 Å². The Balaban J connectivity index is 1.65. The van der Waals surface area contributed by atoms with Crippen LogP contribution in [0.15, 0.2) is 65.1 Å². The van der Waals surface area contributed by atoms with Gasteiger partial charge in [-0.15, -0.1) is 0 Å². The summed E-state index contributed by atoms with van der Waals surface area (Å²) < 4.78 is 5.74. The summed E-state index contributed by atoms with van der Waals surface area (Å²) in [6, 6.07) is 16.1. The van der Waals surface area contributed by atoms with Gasteiger partial charge in [0, 0.05) is 27.9 Å². The SMILES string of the molecule is CC(=O)c1ccc(NC(=O)/C=C/c2ccc(-c3ccc(C)c(Cl)c3)o2)cc1. The first-order valence-corrected chi connectivity index (χ1v) is 8.76. The summed E-state index contributed by atoms with van der Waals surface area (Å²) in [5.41, 5.74) is 3.09. The van der Waals surface area contributed by atoms with E-state index in [-0.39, 0.29) is 11.7 Å². The molecule has 4 nitrogen and oxygen atoms in total. The Morgan fingerprint density at radius 1 is 1.04 bits per heavy atom. The number of halogens is 1. The number of benzene rings is 2. The molecule has 0 spiro atoms. The second kappa shape index (κ2) is 8.06. The van der Waals surface area contributed by atoms with Crippen molar-refractivity contribution in [2.24, 2.45) is 0 Å². The molecule has 136 valence electrons. The van der Waals surface area contributed by atoms with Crippen LogP contribution in [0.1, 0.15) is 28.6 Å². The number of aryl methyl sites for hydroxylation is 1. The van der Waals surface area contributed by atoms with E-state index in [1.54, 1.807) is 36.4 Å². The number of amides is 1. The first-order valence-electron chi connectivity index (χ1n) is 8.39. The zero-order chi connectivity index (χ0) is 19.4. The molecule has 0 aliphatic heterocycles. The van der Waals surface area contributed by atoms with Gasteiger partial charge in [0.2, 0.25) is 5.91 Å². The Labute approximate surface area is 162 Å². The number of furan rings is 1. The second-order valence-corrected chi connectivity index (χ2v) is 6.53. The minimum absolute atomic E-state index is 0.0174. The molecule has 1 N–H and O–H groups in total. The molecule has 0 saturated heterocycles. The van der Waals surface area contributed by atoms with Crippen LogP contribution >= 0.6 is 11.6 Å². The number of ketones is 1. The molecule has 27 heavy (non-hydrogen) atoms. The predicted molar refractivity (Wildman–Crippen MR) is 108 cm³/mol. The van der Waals surface area contributed by atoms with E-state index in [0.29, 0.717) is 27.8 Å². The van der Waals surface area contributed by atoms with Gasteiger partial charge < -0.3 is 9.73 Å². The molecule has 0 fully saturated rings. The van der Waals surface area contributed by atoms with Gasteiger partial charge in [-0.05, 0) is 68.0 Å². The Morgan fingerprint density at radius 3 is 2.44 bits per heavy atom. The van der Waals surface area contributed by atoms with Gasteiger partial charge in [0.15, 0.2) is 5.78 Å². The van der Waals surface area contributed by atoms with Crippen molar-refractivity contribution < 1.29 is 14.0 Å². The van der Waals surface area contributed by atoms with Gasteiger partial charge in [-0.25, -0.2) is 0 Å². The quantitative estimate of drug-likeness (QED) is 0.452. The molecule has 3 rings (SSSR count). The van der Waals surface area contributed by atoms with Crippen molar-refractivity contribution >= 4 is 35.1 Å². The smallest absolute Gasteiger partial charge is 0.248 e. The maximum atomic E-state index is 12.0. The van der Waals surface area contributed by atoms with Crippen LogP contribution in [0.2, 0.25) is 5.02 Å². The molecule has 0 aliphatic rings. The van der Waals surface area contributed by atoms with Gasteiger partial charge in [-0.3, -0.25) is 9.59 Å². The van der Waals surface area contributed by atoms with Crippen LogP contribution in [0.25, 0.3) is 17.4 Å². The Kier molecular flexibility index (Phi) is 5.57. The van der Waals surface area contributed by atoms with Crippen molar-refractivity contribution in [2.45, 2.75) is 13.8 Å². The van der Waals surface area contributed by atoms with Gasteiger partial charge >= 0.3 is 0 Å². The maximum Gasteiger partial charge on any atom is 0.248 e. The molecule has 0 atom stereocenters. The van der Waals surface area contributed by atoms with Crippen molar-refractivity contribution in [3.05, 3.63) is 82.6 Å². The number of carbonyl (C=O) groups is 2. The normalized spacial score (nSPS) is 10.9. The van der Waals surface area contributed by atoms with Crippen LogP contribution < -0.4 is 5.32 Å². The van der Waals surface area contributed by atoms with Crippen LogP contribution in [0.3, 0.4) is 0 Å². The third-order valence-corrected chi connectivity index (χ3v) is 4.45. The summed E-state index contributed by atoms with van der Waals surface area (Å²) in [5, 5.41) is 3.41. The molecule has 5 heteroatoms. The van der Waals surface area contributed by atoms with Crippen molar-refractivity contribution in [2.75, 3.05) is 5.32 Å². The zero-order valence-electron chi connectivity index (χ0n) is 15.0. The number of carbonyl (C=O) groups excluding carboxylic acids is 2. The zero-order valence-corrected chi connectivity index (χ0v) is 15.7. The Bertz CT molecular complexity index is 1020. The molecular weight excluding hydrogens is 362 g/mol. The lowest BCUT2D eigenvalue weighted by atomic mass is 10.1. The monoisotopic (exact) mass is 379 g/mol. The van der Waals surface area contributed by atoms with Crippen LogP contribution in [0.5, 0.6) is 0 Å². The first kappa shape index (κ1) is 18.7. The predicted octanol–water partition coefficient (Wildman–Crippen LogP) is 5.76. The highest BCUT2D eigenvalue weighted by Gasteiger charge is 2.06. The number of hydrogen-bond acceptors (Lipinski definition) is 3. The summed E-state index contributed by atoms with van der Waals surface area (Å²) >= 11 is 6.15. The number of Topliss-reactive ketones (excluding diaryl/α,β-unsaturated/α-hetero) is 1. The second-order valence-electron chi connectivity index (χ2n) is 6.12. The van der Waals surface area contributed by atoms with Gasteiger partial charge in [0.25, 0.3) is 0 Å². The maximum absolute atomic E-state index is 12.0. The van der Waals surface area contributed by atoms with E-state index in [1.807, 2.05) is 31.2 Å². The average molecular weight is 380 g/mol. The van der Waals surface area contributed by atoms with Crippen molar-refractivity contribution in [1.82, 2.24) is 0 Å². The topological polar surface area (TPSA) is 59.3 Å². The van der Waals surface area contributed by atoms with Gasteiger partial charge in [-0.1, -0.05) is 23.7 Å². The summed E-state index contributed by atoms with van der Waals surface area (Å²) in [4.78, 5) is 23.3. The highest BCUT2D eigenvalue weighted by Crippen LogP contribution is 2.27. The van der Waals surface area contributed by atoms with E-state index in [4.69, 9.17) is 16.0 Å². The fourth-order valence-corrected chi connectivity index (χ4v) is 2.65. The van der Waals surface area contributed by atoms with Gasteiger partial charge in [0.1, 0.15) is 11.5 Å². The molecule has 0 radical (unpaired) electrons. The van der Waals surface area contributed by atoms with E-state index >= 15 is 0 Å². The van der Waals surface area contributed by atoms with E-state index in [0.717, 1.165) is 11.1 Å². The van der Waals surface area contributed by atoms with E-state index in [2.05, 4.69) is 5.32 Å². The summed E-state index contributed by atoms with van der Waals surface area (Å²) in [6.45, 7) is 3.44. The van der Waals surface area contributed by atoms with Crippen LogP contribution in [0.4, 0.5) is 5.69 Å². The standard InChI is InChI=1S/C22H18ClNO3/c1-14-3-4-17(13-20(14)23)21-11-9-19(27-21)10-12-22(26)24-18-7-5-16(6-8-18)15(2)25/h3-13H,1-2H3,(H,24,26)/b12-10+. The minimum atomic E-state index is -0.290. The highest BCUT2D eigenvalue weighted by atomic mass is 35.5. The number of nitrogens with one attached hydrogen (secondary N) is 1. The van der Waals surface area contributed by atoms with E-state index < -0.39 is 0 Å². The van der Waals surface area contributed by atoms with Crippen molar-refractivity contribution in [3.63, 3.8) is 0 Å². The Morgan fingerprint density at radius 2 is 1.78 bits per heavy atom. The summed E-state index contributed by atoms with van der Waals surface area (Å²) in [7, 11) is 0. The summed E-state index contributed by atoms with van der Waals surface area (Å²) in [6.07, 6.45) is 2.99. The van der Waals surface area contributed by atoms with Gasteiger partial charge in [0.05, 0.1) is 0 Å². The van der Waals surface area contributed by atoms with Gasteiger partial charge in [-0.2, -0.15) is 0 Å². The number of hydrogen-bond donors (Lipinski definition) is 1. The van der Waals surface area contributed by atoms with Crippen LogP contribution in [-0.4, -0.2) is 11.7 Å². The van der Waals surface area contributed by atoms with Crippen LogP contribution in [-0.2, 0) is 4.79 Å². The molecule has 0 bridgehead atoms.